The lowest BCUT2D eigenvalue weighted by molar-refractivity contribution is 0.798. The molecule has 0 aliphatic rings. The molecule has 5 nitrogen and oxygen atoms in total. The van der Waals surface area contributed by atoms with Crippen LogP contribution in [0.2, 0.25) is 0 Å². The van der Waals surface area contributed by atoms with Gasteiger partial charge in [-0.25, -0.2) is 4.98 Å². The van der Waals surface area contributed by atoms with Gasteiger partial charge in [-0.05, 0) is 19.1 Å². The van der Waals surface area contributed by atoms with Gasteiger partial charge in [0.2, 0.25) is 0 Å². The van der Waals surface area contributed by atoms with E-state index in [1.807, 2.05) is 18.9 Å². The molecule has 16 heavy (non-hydrogen) atoms. The van der Waals surface area contributed by atoms with E-state index in [-0.39, 0.29) is 0 Å². The summed E-state index contributed by atoms with van der Waals surface area (Å²) in [5.74, 6) is 0.902. The second-order valence-corrected chi connectivity index (χ2v) is 3.80. The molecule has 1 heterocycles. The summed E-state index contributed by atoms with van der Waals surface area (Å²) in [4.78, 5) is 10.5. The van der Waals surface area contributed by atoms with Crippen LogP contribution in [0.4, 0.5) is 5.82 Å². The van der Waals surface area contributed by atoms with E-state index in [1.54, 1.807) is 19.4 Å². The smallest absolute Gasteiger partial charge is 0.166 e. The summed E-state index contributed by atoms with van der Waals surface area (Å²) in [6.07, 6.45) is 3.39. The predicted octanol–water partition coefficient (Wildman–Crippen LogP) is 0.315. The first-order valence-corrected chi connectivity index (χ1v) is 5.50. The Labute approximate surface area is 101 Å². The van der Waals surface area contributed by atoms with Crippen LogP contribution in [0.15, 0.2) is 12.4 Å². The molecule has 88 valence electrons. The number of aromatic nitrogens is 2. The Bertz CT molecular complexity index is 355. The van der Waals surface area contributed by atoms with E-state index in [2.05, 4.69) is 20.6 Å². The molecule has 0 amide bonds. The molecule has 0 radical (unpaired) electrons. The highest BCUT2D eigenvalue weighted by Crippen LogP contribution is 2.10. The van der Waals surface area contributed by atoms with E-state index in [4.69, 9.17) is 12.2 Å². The van der Waals surface area contributed by atoms with Gasteiger partial charge in [-0.15, -0.1) is 0 Å². The van der Waals surface area contributed by atoms with Gasteiger partial charge < -0.3 is 15.5 Å². The van der Waals surface area contributed by atoms with E-state index in [9.17, 15) is 0 Å². The number of thiocarbonyl (C=S) groups is 1. The van der Waals surface area contributed by atoms with Crippen molar-refractivity contribution >= 4 is 23.1 Å². The van der Waals surface area contributed by atoms with Gasteiger partial charge in [0.05, 0.1) is 5.69 Å². The Kier molecular flexibility index (Phi) is 4.91. The summed E-state index contributed by atoms with van der Waals surface area (Å²) < 4.78 is 0. The SMILES string of the molecule is CNC(=S)NCCN(C)c1nccnc1C. The van der Waals surface area contributed by atoms with Gasteiger partial charge in [0.15, 0.2) is 5.11 Å². The molecule has 0 saturated heterocycles. The third-order valence-corrected chi connectivity index (χ3v) is 2.53. The van der Waals surface area contributed by atoms with Gasteiger partial charge in [-0.1, -0.05) is 0 Å². The summed E-state index contributed by atoms with van der Waals surface area (Å²) >= 11 is 4.98. The van der Waals surface area contributed by atoms with Crippen LogP contribution in [0, 0.1) is 6.92 Å². The van der Waals surface area contributed by atoms with Crippen molar-refractivity contribution in [2.45, 2.75) is 6.92 Å². The lowest BCUT2D eigenvalue weighted by atomic mass is 10.4. The highest BCUT2D eigenvalue weighted by molar-refractivity contribution is 7.80. The van der Waals surface area contributed by atoms with Crippen LogP contribution in [0.5, 0.6) is 0 Å². The standard InChI is InChI=1S/C10H17N5S/c1-8-9(13-5-4-12-8)15(3)7-6-14-10(16)11-2/h4-5H,6-7H2,1-3H3,(H2,11,14,16). The minimum absolute atomic E-state index is 0.657. The van der Waals surface area contributed by atoms with Crippen LogP contribution in [0.1, 0.15) is 5.69 Å². The summed E-state index contributed by atoms with van der Waals surface area (Å²) in [7, 11) is 3.78. The molecule has 1 rings (SSSR count). The quantitative estimate of drug-likeness (QED) is 0.738. The van der Waals surface area contributed by atoms with Crippen molar-refractivity contribution < 1.29 is 0 Å². The van der Waals surface area contributed by atoms with E-state index in [1.165, 1.54) is 0 Å². The summed E-state index contributed by atoms with van der Waals surface area (Å²) in [5.41, 5.74) is 0.932. The second kappa shape index (κ2) is 6.22. The first-order valence-electron chi connectivity index (χ1n) is 5.09. The average molecular weight is 239 g/mol. The minimum atomic E-state index is 0.657. The molecule has 0 spiro atoms. The van der Waals surface area contributed by atoms with Gasteiger partial charge in [-0.2, -0.15) is 0 Å². The topological polar surface area (TPSA) is 53.1 Å². The Hall–Kier alpha value is -1.43. The third kappa shape index (κ3) is 3.62. The van der Waals surface area contributed by atoms with Crippen molar-refractivity contribution in [1.29, 1.82) is 0 Å². The van der Waals surface area contributed by atoms with Gasteiger partial charge >= 0.3 is 0 Å². The fourth-order valence-electron chi connectivity index (χ4n) is 1.31. The Morgan fingerprint density at radius 2 is 2.12 bits per heavy atom. The van der Waals surface area contributed by atoms with Crippen LogP contribution < -0.4 is 15.5 Å². The van der Waals surface area contributed by atoms with E-state index >= 15 is 0 Å². The van der Waals surface area contributed by atoms with Crippen molar-refractivity contribution in [2.75, 3.05) is 32.1 Å². The van der Waals surface area contributed by atoms with Gasteiger partial charge in [0.25, 0.3) is 0 Å². The lowest BCUT2D eigenvalue weighted by Crippen LogP contribution is -2.38. The summed E-state index contributed by atoms with van der Waals surface area (Å²) in [5, 5.41) is 6.60. The minimum Gasteiger partial charge on any atom is -0.366 e. The lowest BCUT2D eigenvalue weighted by Gasteiger charge is -2.19. The maximum absolute atomic E-state index is 4.98. The largest absolute Gasteiger partial charge is 0.366 e. The van der Waals surface area contributed by atoms with Crippen LogP contribution in [-0.4, -0.2) is 42.3 Å². The highest BCUT2D eigenvalue weighted by atomic mass is 32.1. The monoisotopic (exact) mass is 239 g/mol. The van der Waals surface area contributed by atoms with Crippen molar-refractivity contribution in [3.8, 4) is 0 Å². The molecular weight excluding hydrogens is 222 g/mol. The third-order valence-electron chi connectivity index (χ3n) is 2.18. The molecule has 0 atom stereocenters. The number of nitrogens with zero attached hydrogens (tertiary/aromatic N) is 3. The molecule has 0 unspecified atom stereocenters. The van der Waals surface area contributed by atoms with Crippen LogP contribution in [-0.2, 0) is 0 Å². The van der Waals surface area contributed by atoms with E-state index in [0.29, 0.717) is 5.11 Å². The summed E-state index contributed by atoms with van der Waals surface area (Å²) in [6, 6.07) is 0. The zero-order chi connectivity index (χ0) is 12.0. The zero-order valence-electron chi connectivity index (χ0n) is 9.82. The first-order chi connectivity index (χ1) is 7.65. The van der Waals surface area contributed by atoms with Crippen LogP contribution in [0.3, 0.4) is 0 Å². The molecule has 1 aromatic rings. The molecule has 6 heteroatoms. The molecule has 0 aliphatic carbocycles. The van der Waals surface area contributed by atoms with Crippen LogP contribution in [0.25, 0.3) is 0 Å². The van der Waals surface area contributed by atoms with Crippen molar-refractivity contribution in [1.82, 2.24) is 20.6 Å². The highest BCUT2D eigenvalue weighted by Gasteiger charge is 2.05. The number of rotatable bonds is 4. The van der Waals surface area contributed by atoms with E-state index < -0.39 is 0 Å². The van der Waals surface area contributed by atoms with Crippen molar-refractivity contribution in [3.63, 3.8) is 0 Å². The van der Waals surface area contributed by atoms with Crippen molar-refractivity contribution in [3.05, 3.63) is 18.1 Å². The average Bonchev–Trinajstić information content (AvgIpc) is 2.29. The fraction of sp³-hybridized carbons (Fsp3) is 0.500. The van der Waals surface area contributed by atoms with Crippen LogP contribution >= 0.6 is 12.2 Å². The molecule has 1 aromatic heterocycles. The first kappa shape index (κ1) is 12.6. The molecular formula is C10H17N5S. The Morgan fingerprint density at radius 1 is 1.44 bits per heavy atom. The molecule has 0 aliphatic heterocycles. The second-order valence-electron chi connectivity index (χ2n) is 3.39. The predicted molar refractivity (Wildman–Crippen MR) is 69.7 cm³/mol. The van der Waals surface area contributed by atoms with Gasteiger partial charge in [0.1, 0.15) is 5.82 Å². The Morgan fingerprint density at radius 3 is 2.75 bits per heavy atom. The number of aryl methyl sites for hydroxylation is 1. The Balaban J connectivity index is 2.44. The number of hydrogen-bond donors (Lipinski definition) is 2. The summed E-state index contributed by atoms with van der Waals surface area (Å²) in [6.45, 7) is 3.54. The molecule has 2 N–H and O–H groups in total. The number of nitrogens with one attached hydrogen (secondary N) is 2. The van der Waals surface area contributed by atoms with E-state index in [0.717, 1.165) is 24.6 Å². The normalized spacial score (nSPS) is 9.69. The molecule has 0 saturated carbocycles. The van der Waals surface area contributed by atoms with Gasteiger partial charge in [0, 0.05) is 39.6 Å². The molecule has 0 aromatic carbocycles. The molecule has 0 bridgehead atoms. The fourth-order valence-corrected chi connectivity index (χ4v) is 1.41. The van der Waals surface area contributed by atoms with Crippen molar-refractivity contribution in [2.24, 2.45) is 0 Å². The zero-order valence-corrected chi connectivity index (χ0v) is 10.6. The van der Waals surface area contributed by atoms with Gasteiger partial charge in [-0.3, -0.25) is 4.98 Å². The number of anilines is 1. The maximum atomic E-state index is 4.98. The molecule has 0 fully saturated rings. The maximum Gasteiger partial charge on any atom is 0.166 e. The number of likely N-dealkylation sites (N-methyl/N-ethyl adjacent to an activating group) is 1. The number of hydrogen-bond acceptors (Lipinski definition) is 4.